The van der Waals surface area contributed by atoms with Crippen LogP contribution in [0.2, 0.25) is 0 Å². The molecule has 0 aliphatic carbocycles. The van der Waals surface area contributed by atoms with E-state index in [9.17, 15) is 0 Å². The van der Waals surface area contributed by atoms with E-state index in [1.807, 2.05) is 0 Å². The summed E-state index contributed by atoms with van der Waals surface area (Å²) in [6.07, 6.45) is 8.68. The standard InChI is InChI=1S/C56H48N2/c1-41-5-13-45(14-6-41)17-19-47-21-33-53(34-22-47)57(51-29-9-43(3)10-30-51)55-37-25-49(26-38-55)50-27-39-56(40-28-50)58(52-31-11-44(4)12-32-52)54-35-23-48(24-36-54)20-18-46-15-7-42(2)8-16-46/h5-40H,1-4H3/b19-17+,20-18+. The molecule has 0 aliphatic heterocycles. The van der Waals surface area contributed by atoms with E-state index in [1.54, 1.807) is 0 Å². The molecule has 2 nitrogen and oxygen atoms in total. The SMILES string of the molecule is Cc1ccc(/C=C/c2ccc(N(c3ccc(C)cc3)c3ccc(-c4ccc(N(c5ccc(C)cc5)c5ccc(/C=C/c6ccc(C)cc6)cc5)cc4)cc3)cc2)cc1. The average molecular weight is 749 g/mol. The first-order valence-corrected chi connectivity index (χ1v) is 20.0. The quantitative estimate of drug-likeness (QED) is 0.122. The molecule has 0 atom stereocenters. The molecule has 8 rings (SSSR count). The molecule has 0 unspecified atom stereocenters. The Morgan fingerprint density at radius 2 is 0.397 bits per heavy atom. The van der Waals surface area contributed by atoms with Gasteiger partial charge in [-0.2, -0.15) is 0 Å². The van der Waals surface area contributed by atoms with E-state index in [2.05, 4.69) is 256 Å². The second-order valence-electron chi connectivity index (χ2n) is 15.1. The van der Waals surface area contributed by atoms with E-state index in [4.69, 9.17) is 0 Å². The van der Waals surface area contributed by atoms with Crippen LogP contribution < -0.4 is 9.80 Å². The molecule has 58 heavy (non-hydrogen) atoms. The van der Waals surface area contributed by atoms with Crippen LogP contribution in [-0.2, 0) is 0 Å². The van der Waals surface area contributed by atoms with Gasteiger partial charge in [0.25, 0.3) is 0 Å². The van der Waals surface area contributed by atoms with E-state index in [0.29, 0.717) is 0 Å². The number of hydrogen-bond donors (Lipinski definition) is 0. The third kappa shape index (κ3) is 9.10. The smallest absolute Gasteiger partial charge is 0.0462 e. The third-order valence-electron chi connectivity index (χ3n) is 10.6. The fraction of sp³-hybridized carbons (Fsp3) is 0.0714. The van der Waals surface area contributed by atoms with Crippen LogP contribution in [0.3, 0.4) is 0 Å². The molecule has 0 bridgehead atoms. The highest BCUT2D eigenvalue weighted by atomic mass is 15.1. The molecule has 0 amide bonds. The number of anilines is 6. The minimum Gasteiger partial charge on any atom is -0.311 e. The van der Waals surface area contributed by atoms with Crippen LogP contribution in [0.1, 0.15) is 44.5 Å². The van der Waals surface area contributed by atoms with Gasteiger partial charge in [0.05, 0.1) is 0 Å². The first-order chi connectivity index (χ1) is 28.3. The predicted octanol–water partition coefficient (Wildman–Crippen LogP) is 15.9. The molecule has 0 heterocycles. The first-order valence-electron chi connectivity index (χ1n) is 20.0. The van der Waals surface area contributed by atoms with Gasteiger partial charge >= 0.3 is 0 Å². The Bertz CT molecular complexity index is 2420. The van der Waals surface area contributed by atoms with Crippen LogP contribution in [0.15, 0.2) is 194 Å². The van der Waals surface area contributed by atoms with Gasteiger partial charge in [0.15, 0.2) is 0 Å². The van der Waals surface area contributed by atoms with Crippen molar-refractivity contribution in [1.82, 2.24) is 0 Å². The summed E-state index contributed by atoms with van der Waals surface area (Å²) in [5, 5.41) is 0. The largest absolute Gasteiger partial charge is 0.311 e. The summed E-state index contributed by atoms with van der Waals surface area (Å²) >= 11 is 0. The van der Waals surface area contributed by atoms with Gasteiger partial charge in [0.1, 0.15) is 0 Å². The van der Waals surface area contributed by atoms with Crippen molar-refractivity contribution >= 4 is 58.4 Å². The van der Waals surface area contributed by atoms with E-state index in [1.165, 1.54) is 44.5 Å². The van der Waals surface area contributed by atoms with Gasteiger partial charge in [-0.05, 0) is 134 Å². The van der Waals surface area contributed by atoms with Crippen molar-refractivity contribution in [2.24, 2.45) is 0 Å². The van der Waals surface area contributed by atoms with Crippen LogP contribution in [0, 0.1) is 27.7 Å². The van der Waals surface area contributed by atoms with Crippen molar-refractivity contribution < 1.29 is 0 Å². The van der Waals surface area contributed by atoms with Crippen molar-refractivity contribution in [2.75, 3.05) is 9.80 Å². The van der Waals surface area contributed by atoms with E-state index >= 15 is 0 Å². The molecular formula is C56H48N2. The lowest BCUT2D eigenvalue weighted by Crippen LogP contribution is -2.10. The fourth-order valence-corrected chi connectivity index (χ4v) is 7.10. The van der Waals surface area contributed by atoms with Crippen molar-refractivity contribution in [2.45, 2.75) is 27.7 Å². The highest BCUT2D eigenvalue weighted by molar-refractivity contribution is 5.82. The second-order valence-corrected chi connectivity index (χ2v) is 15.1. The van der Waals surface area contributed by atoms with E-state index in [0.717, 1.165) is 45.3 Å². The Hall–Kier alpha value is -7.16. The van der Waals surface area contributed by atoms with Crippen LogP contribution >= 0.6 is 0 Å². The Balaban J connectivity index is 1.04. The average Bonchev–Trinajstić information content (AvgIpc) is 3.26. The van der Waals surface area contributed by atoms with E-state index in [-0.39, 0.29) is 0 Å². The highest BCUT2D eigenvalue weighted by Gasteiger charge is 2.15. The lowest BCUT2D eigenvalue weighted by atomic mass is 10.0. The van der Waals surface area contributed by atoms with Crippen LogP contribution in [0.25, 0.3) is 35.4 Å². The molecule has 0 radical (unpaired) electrons. The maximum absolute atomic E-state index is 2.32. The van der Waals surface area contributed by atoms with Crippen molar-refractivity contribution in [3.05, 3.63) is 239 Å². The van der Waals surface area contributed by atoms with Gasteiger partial charge in [0, 0.05) is 34.1 Å². The van der Waals surface area contributed by atoms with Crippen LogP contribution in [0.4, 0.5) is 34.1 Å². The normalized spacial score (nSPS) is 11.3. The summed E-state index contributed by atoms with van der Waals surface area (Å²) < 4.78 is 0. The van der Waals surface area contributed by atoms with Gasteiger partial charge in [0.2, 0.25) is 0 Å². The number of rotatable bonds is 11. The Labute approximate surface area is 344 Å². The molecule has 0 saturated heterocycles. The summed E-state index contributed by atoms with van der Waals surface area (Å²) in [4.78, 5) is 4.64. The van der Waals surface area contributed by atoms with Crippen LogP contribution in [-0.4, -0.2) is 0 Å². The number of hydrogen-bond acceptors (Lipinski definition) is 2. The van der Waals surface area contributed by atoms with Gasteiger partial charge in [-0.25, -0.2) is 0 Å². The Morgan fingerprint density at radius 1 is 0.224 bits per heavy atom. The molecule has 8 aromatic rings. The molecule has 0 aliphatic rings. The zero-order chi connectivity index (χ0) is 39.8. The van der Waals surface area contributed by atoms with Crippen LogP contribution in [0.5, 0.6) is 0 Å². The lowest BCUT2D eigenvalue weighted by molar-refractivity contribution is 1.27. The number of aryl methyl sites for hydroxylation is 4. The summed E-state index contributed by atoms with van der Waals surface area (Å²) in [6, 6.07) is 70.1. The minimum absolute atomic E-state index is 1.11. The van der Waals surface area contributed by atoms with Crippen molar-refractivity contribution in [3.63, 3.8) is 0 Å². The predicted molar refractivity (Wildman–Crippen MR) is 251 cm³/mol. The Morgan fingerprint density at radius 3 is 0.638 bits per heavy atom. The molecule has 0 N–H and O–H groups in total. The highest BCUT2D eigenvalue weighted by Crippen LogP contribution is 2.38. The maximum Gasteiger partial charge on any atom is 0.0462 e. The summed E-state index contributed by atoms with van der Waals surface area (Å²) in [7, 11) is 0. The topological polar surface area (TPSA) is 6.48 Å². The molecule has 0 aromatic heterocycles. The maximum atomic E-state index is 2.32. The number of benzene rings is 8. The van der Waals surface area contributed by atoms with Gasteiger partial charge in [-0.3, -0.25) is 0 Å². The molecule has 0 spiro atoms. The molecular weight excluding hydrogens is 701 g/mol. The molecule has 0 fully saturated rings. The zero-order valence-electron chi connectivity index (χ0n) is 33.7. The molecule has 282 valence electrons. The monoisotopic (exact) mass is 748 g/mol. The summed E-state index contributed by atoms with van der Waals surface area (Å²) in [5.74, 6) is 0. The minimum atomic E-state index is 1.11. The van der Waals surface area contributed by atoms with Gasteiger partial charge in [-0.15, -0.1) is 0 Å². The second kappa shape index (κ2) is 17.3. The molecule has 0 saturated carbocycles. The van der Waals surface area contributed by atoms with Crippen molar-refractivity contribution in [3.8, 4) is 11.1 Å². The Kier molecular flexibility index (Phi) is 11.3. The summed E-state index contributed by atoms with van der Waals surface area (Å²) in [6.45, 7) is 8.49. The number of nitrogens with zero attached hydrogens (tertiary/aromatic N) is 2. The molecule has 2 heteroatoms. The van der Waals surface area contributed by atoms with E-state index < -0.39 is 0 Å². The molecule has 8 aromatic carbocycles. The van der Waals surface area contributed by atoms with Crippen molar-refractivity contribution in [1.29, 1.82) is 0 Å². The third-order valence-corrected chi connectivity index (χ3v) is 10.6. The zero-order valence-corrected chi connectivity index (χ0v) is 33.7. The van der Waals surface area contributed by atoms with Gasteiger partial charge in [-0.1, -0.05) is 168 Å². The summed E-state index contributed by atoms with van der Waals surface area (Å²) in [5.41, 5.74) is 18.8. The van der Waals surface area contributed by atoms with Gasteiger partial charge < -0.3 is 9.80 Å². The lowest BCUT2D eigenvalue weighted by Gasteiger charge is -2.26. The first kappa shape index (κ1) is 37.7. The fourth-order valence-electron chi connectivity index (χ4n) is 7.10.